The second-order valence-corrected chi connectivity index (χ2v) is 1.57. The van der Waals surface area contributed by atoms with Crippen LogP contribution in [0.3, 0.4) is 0 Å². The highest BCUT2D eigenvalue weighted by Crippen LogP contribution is 1.75. The van der Waals surface area contributed by atoms with Crippen LogP contribution in [0.15, 0.2) is 0 Å². The number of nitrogens with zero attached hydrogens (tertiary/aromatic N) is 2. The molecule has 0 spiro atoms. The molecule has 0 aliphatic heterocycles. The molecule has 0 saturated carbocycles. The van der Waals surface area contributed by atoms with Gasteiger partial charge in [0.05, 0.1) is 0 Å². The number of rotatable bonds is 0. The van der Waals surface area contributed by atoms with Crippen LogP contribution < -0.4 is 0 Å². The lowest BCUT2D eigenvalue weighted by atomic mass is 11.1. The van der Waals surface area contributed by atoms with Gasteiger partial charge in [-0.25, -0.2) is 0 Å². The molecule has 0 aliphatic rings. The van der Waals surface area contributed by atoms with Crippen LogP contribution in [0.4, 0.5) is 0 Å². The lowest BCUT2D eigenvalue weighted by molar-refractivity contribution is 0.885. The fourth-order valence-corrected chi connectivity index (χ4v) is 0.355. The van der Waals surface area contributed by atoms with Crippen molar-refractivity contribution in [2.75, 3.05) is 0 Å². The van der Waals surface area contributed by atoms with Gasteiger partial charge in [0.2, 0.25) is 0 Å². The van der Waals surface area contributed by atoms with Crippen molar-refractivity contribution in [3.05, 3.63) is 11.1 Å². The molecule has 1 heterocycles. The molecule has 37 valence electrons. The summed E-state index contributed by atoms with van der Waals surface area (Å²) in [7, 11) is 1.78. The van der Waals surface area contributed by atoms with E-state index in [1.54, 1.807) is 11.6 Å². The van der Waals surface area contributed by atoms with E-state index >= 15 is 0 Å². The zero-order valence-electron chi connectivity index (χ0n) is 3.80. The molecule has 1 aromatic rings. The van der Waals surface area contributed by atoms with Gasteiger partial charge in [0, 0.05) is 7.05 Å². The third-order valence-corrected chi connectivity index (χ3v) is 1.02. The van der Waals surface area contributed by atoms with Gasteiger partial charge in [0.25, 0.3) is 0 Å². The van der Waals surface area contributed by atoms with Crippen molar-refractivity contribution in [1.29, 1.82) is 0 Å². The third-order valence-electron chi connectivity index (χ3n) is 0.656. The molecule has 1 radical (unpaired) electrons. The quantitative estimate of drug-likeness (QED) is 0.491. The first-order valence-corrected chi connectivity index (χ1v) is 2.20. The number of hydrogen-bond acceptors (Lipinski definition) is 2. The van der Waals surface area contributed by atoms with Gasteiger partial charge in [-0.2, -0.15) is 5.10 Å². The van der Waals surface area contributed by atoms with Crippen LogP contribution in [0.25, 0.3) is 0 Å². The van der Waals surface area contributed by atoms with Crippen molar-refractivity contribution in [3.8, 4) is 0 Å². The summed E-state index contributed by atoms with van der Waals surface area (Å²) in [4.78, 5) is 0. The number of aryl methyl sites for hydroxylation is 1. The summed E-state index contributed by atoms with van der Waals surface area (Å²) in [5.74, 6) is 0. The van der Waals surface area contributed by atoms with E-state index in [4.69, 9.17) is 12.2 Å². The summed E-state index contributed by atoms with van der Waals surface area (Å²) < 4.78 is 2.20. The highest BCUT2D eigenvalue weighted by molar-refractivity contribution is 7.71. The molecule has 0 aromatic carbocycles. The van der Waals surface area contributed by atoms with E-state index in [2.05, 4.69) is 16.5 Å². The molecule has 0 saturated heterocycles. The number of aromatic amines is 1. The largest absolute Gasteiger partial charge is 0.301 e. The average Bonchev–Trinajstić information content (AvgIpc) is 1.91. The lowest BCUT2D eigenvalue weighted by Crippen LogP contribution is -1.81. The second kappa shape index (κ2) is 1.46. The molecule has 0 fully saturated rings. The van der Waals surface area contributed by atoms with Crippen LogP contribution in [0, 0.1) is 11.1 Å². The Morgan fingerprint density at radius 3 is 2.86 bits per heavy atom. The standard InChI is InChI=1S/C3H4N3S/c1-6-2-4-5-3(6)7/h1H3,(H,5,7). The summed E-state index contributed by atoms with van der Waals surface area (Å²) in [6.45, 7) is 0. The summed E-state index contributed by atoms with van der Waals surface area (Å²) >= 11 is 4.70. The van der Waals surface area contributed by atoms with Gasteiger partial charge in [-0.3, -0.25) is 5.10 Å². The first kappa shape index (κ1) is 4.52. The van der Waals surface area contributed by atoms with Crippen LogP contribution in [-0.2, 0) is 7.05 Å². The second-order valence-electron chi connectivity index (χ2n) is 1.19. The number of aromatic nitrogens is 3. The molecule has 4 heteroatoms. The number of nitrogens with one attached hydrogen (secondary N) is 1. The normalized spacial score (nSPS) is 9.29. The van der Waals surface area contributed by atoms with Gasteiger partial charge in [-0.1, -0.05) is 0 Å². The number of hydrogen-bond donors (Lipinski definition) is 1. The molecule has 3 nitrogen and oxygen atoms in total. The molecule has 0 atom stereocenters. The van der Waals surface area contributed by atoms with E-state index in [0.29, 0.717) is 4.77 Å². The molecule has 7 heavy (non-hydrogen) atoms. The molecule has 0 amide bonds. The van der Waals surface area contributed by atoms with Crippen LogP contribution in [0.2, 0.25) is 0 Å². The van der Waals surface area contributed by atoms with Crippen molar-refractivity contribution in [1.82, 2.24) is 14.8 Å². The van der Waals surface area contributed by atoms with E-state index in [-0.39, 0.29) is 0 Å². The van der Waals surface area contributed by atoms with E-state index in [1.807, 2.05) is 0 Å². The molecule has 1 aromatic heterocycles. The molecular weight excluding hydrogens is 110 g/mol. The van der Waals surface area contributed by atoms with E-state index < -0.39 is 0 Å². The highest BCUT2D eigenvalue weighted by atomic mass is 32.1. The minimum atomic E-state index is 0.597. The van der Waals surface area contributed by atoms with Gasteiger partial charge < -0.3 is 4.57 Å². The summed E-state index contributed by atoms with van der Waals surface area (Å²) in [5.41, 5.74) is 0. The summed E-state index contributed by atoms with van der Waals surface area (Å²) in [6, 6.07) is 0. The van der Waals surface area contributed by atoms with Crippen LogP contribution in [-0.4, -0.2) is 14.8 Å². The highest BCUT2D eigenvalue weighted by Gasteiger charge is 1.79. The zero-order chi connectivity index (χ0) is 5.28. The molecule has 0 aliphatic carbocycles. The molecule has 1 N–H and O–H groups in total. The zero-order valence-corrected chi connectivity index (χ0v) is 4.62. The molecular formula is C3H4N3S. The van der Waals surface area contributed by atoms with Crippen molar-refractivity contribution in [2.45, 2.75) is 0 Å². The molecule has 0 unspecified atom stereocenters. The number of H-pyrrole nitrogens is 1. The first-order valence-electron chi connectivity index (χ1n) is 1.80. The molecule has 1 rings (SSSR count). The predicted octanol–water partition coefficient (Wildman–Crippen LogP) is 0.278. The Balaban J connectivity index is 3.39. The van der Waals surface area contributed by atoms with Crippen LogP contribution in [0.1, 0.15) is 0 Å². The van der Waals surface area contributed by atoms with Crippen LogP contribution in [0.5, 0.6) is 0 Å². The fourth-order valence-electron chi connectivity index (χ4n) is 0.268. The average molecular weight is 114 g/mol. The Morgan fingerprint density at radius 1 is 2.00 bits per heavy atom. The van der Waals surface area contributed by atoms with Crippen LogP contribution >= 0.6 is 12.2 Å². The minimum absolute atomic E-state index is 0.597. The fraction of sp³-hybridized carbons (Fsp3) is 0.333. The van der Waals surface area contributed by atoms with Gasteiger partial charge in [-0.05, 0) is 12.2 Å². The Morgan fingerprint density at radius 2 is 2.71 bits per heavy atom. The summed E-state index contributed by atoms with van der Waals surface area (Å²) in [5, 5.41) is 6.07. The maximum absolute atomic E-state index is 4.70. The monoisotopic (exact) mass is 114 g/mol. The van der Waals surface area contributed by atoms with E-state index in [0.717, 1.165) is 0 Å². The molecule has 0 bridgehead atoms. The van der Waals surface area contributed by atoms with E-state index in [1.165, 1.54) is 0 Å². The summed E-state index contributed by atoms with van der Waals surface area (Å²) in [6.07, 6.45) is 2.58. The van der Waals surface area contributed by atoms with Crippen molar-refractivity contribution >= 4 is 12.2 Å². The van der Waals surface area contributed by atoms with E-state index in [9.17, 15) is 0 Å². The predicted molar refractivity (Wildman–Crippen MR) is 27.2 cm³/mol. The van der Waals surface area contributed by atoms with Gasteiger partial charge in [0.15, 0.2) is 11.1 Å². The maximum atomic E-state index is 4.70. The van der Waals surface area contributed by atoms with Crippen molar-refractivity contribution in [2.24, 2.45) is 7.05 Å². The van der Waals surface area contributed by atoms with Crippen molar-refractivity contribution in [3.63, 3.8) is 0 Å². The lowest BCUT2D eigenvalue weighted by Gasteiger charge is -1.76. The minimum Gasteiger partial charge on any atom is -0.301 e. The van der Waals surface area contributed by atoms with Gasteiger partial charge in [0.1, 0.15) is 0 Å². The SMILES string of the molecule is Cn1[c]n[nH]c1=S. The smallest absolute Gasteiger partial charge is 0.200 e. The van der Waals surface area contributed by atoms with Gasteiger partial charge >= 0.3 is 0 Å². The first-order chi connectivity index (χ1) is 3.30. The Kier molecular flexibility index (Phi) is 0.941. The Labute approximate surface area is 46.0 Å². The van der Waals surface area contributed by atoms with Crippen molar-refractivity contribution < 1.29 is 0 Å². The Bertz CT molecular complexity index is 198. The topological polar surface area (TPSA) is 33.6 Å². The maximum Gasteiger partial charge on any atom is 0.200 e. The third kappa shape index (κ3) is 0.691. The Hall–Kier alpha value is -0.640. The van der Waals surface area contributed by atoms with Gasteiger partial charge in [-0.15, -0.1) is 0 Å².